The zero-order valence-corrected chi connectivity index (χ0v) is 21.5. The first kappa shape index (κ1) is 26.3. The van der Waals surface area contributed by atoms with Crippen molar-refractivity contribution in [1.82, 2.24) is 4.98 Å². The van der Waals surface area contributed by atoms with Gasteiger partial charge in [-0.1, -0.05) is 50.5 Å². The highest BCUT2D eigenvalue weighted by molar-refractivity contribution is 5.88. The molecule has 7 heteroatoms. The van der Waals surface area contributed by atoms with Gasteiger partial charge in [-0.05, 0) is 53.6 Å². The second-order valence-corrected chi connectivity index (χ2v) is 9.45. The van der Waals surface area contributed by atoms with Gasteiger partial charge in [-0.3, -0.25) is 9.59 Å². The van der Waals surface area contributed by atoms with Crippen LogP contribution in [0.3, 0.4) is 0 Å². The van der Waals surface area contributed by atoms with Gasteiger partial charge in [0.05, 0.1) is 26.3 Å². The Balaban J connectivity index is 0.000000994. The van der Waals surface area contributed by atoms with Gasteiger partial charge in [-0.2, -0.15) is 0 Å². The van der Waals surface area contributed by atoms with Gasteiger partial charge in [0.25, 0.3) is 0 Å². The largest absolute Gasteiger partial charge is 0.485 e. The van der Waals surface area contributed by atoms with Crippen molar-refractivity contribution in [1.29, 1.82) is 0 Å². The topological polar surface area (TPSA) is 74.7 Å². The van der Waals surface area contributed by atoms with Gasteiger partial charge >= 0.3 is 5.97 Å². The van der Waals surface area contributed by atoms with Crippen LogP contribution in [-0.4, -0.2) is 31.5 Å². The van der Waals surface area contributed by atoms with Crippen molar-refractivity contribution in [3.63, 3.8) is 0 Å². The third-order valence-corrected chi connectivity index (χ3v) is 6.48. The molecular weight excluding hydrogens is 473 g/mol. The maximum absolute atomic E-state index is 14.4. The highest BCUT2D eigenvalue weighted by Gasteiger charge is 2.24. The fourth-order valence-electron chi connectivity index (χ4n) is 4.28. The van der Waals surface area contributed by atoms with Gasteiger partial charge in [0.15, 0.2) is 6.29 Å². The Kier molecular flexibility index (Phi) is 8.54. The fraction of sp³-hybridized carbons (Fsp3) is 0.367. The summed E-state index contributed by atoms with van der Waals surface area (Å²) in [5.74, 6) is 0.00104. The maximum Gasteiger partial charge on any atom is 0.308 e. The van der Waals surface area contributed by atoms with E-state index < -0.39 is 5.82 Å². The molecule has 5 rings (SSSR count). The smallest absolute Gasteiger partial charge is 0.308 e. The van der Waals surface area contributed by atoms with Crippen molar-refractivity contribution in [2.24, 2.45) is 5.92 Å². The molecule has 0 N–H and O–H groups in total. The molecule has 1 aliphatic carbocycles. The van der Waals surface area contributed by atoms with Crippen molar-refractivity contribution >= 4 is 12.3 Å². The number of carbonyl (C=O) groups excluding carboxylic acids is 2. The number of halogens is 1. The minimum Gasteiger partial charge on any atom is -0.485 e. The van der Waals surface area contributed by atoms with Crippen molar-refractivity contribution in [2.45, 2.75) is 51.6 Å². The van der Waals surface area contributed by atoms with Crippen LogP contribution in [0.4, 0.5) is 4.39 Å². The van der Waals surface area contributed by atoms with E-state index in [4.69, 9.17) is 14.2 Å². The SMILES string of the molecule is C1CC1.COC(=O)C(C)Cc1ccc2c(c1)OC(c1ccc(-c3cc(OC)ncc3F)c(C=O)c1)CC2. The monoisotopic (exact) mass is 505 g/mol. The number of aldehydes is 1. The van der Waals surface area contributed by atoms with Gasteiger partial charge in [-0.25, -0.2) is 9.37 Å². The van der Waals surface area contributed by atoms with Crippen LogP contribution in [-0.2, 0) is 22.4 Å². The van der Waals surface area contributed by atoms with Gasteiger partial charge in [0.2, 0.25) is 5.88 Å². The van der Waals surface area contributed by atoms with Gasteiger partial charge in [0.1, 0.15) is 17.7 Å². The number of nitrogens with zero attached hydrogens (tertiary/aromatic N) is 1. The Morgan fingerprint density at radius 2 is 1.92 bits per heavy atom. The van der Waals surface area contributed by atoms with E-state index >= 15 is 0 Å². The second kappa shape index (κ2) is 12.0. The molecule has 1 saturated carbocycles. The van der Waals surface area contributed by atoms with Crippen LogP contribution in [0.5, 0.6) is 11.6 Å². The molecule has 2 aromatic carbocycles. The van der Waals surface area contributed by atoms with Crippen molar-refractivity contribution in [3.05, 3.63) is 76.7 Å². The number of aryl methyl sites for hydroxylation is 1. The molecule has 0 radical (unpaired) electrons. The van der Waals surface area contributed by atoms with Gasteiger partial charge < -0.3 is 14.2 Å². The van der Waals surface area contributed by atoms with Crippen LogP contribution < -0.4 is 9.47 Å². The van der Waals surface area contributed by atoms with Crippen LogP contribution in [0.25, 0.3) is 11.1 Å². The molecule has 37 heavy (non-hydrogen) atoms. The third-order valence-electron chi connectivity index (χ3n) is 6.48. The van der Waals surface area contributed by atoms with E-state index in [0.717, 1.165) is 41.5 Å². The molecular formula is C30H32FNO5. The lowest BCUT2D eigenvalue weighted by Gasteiger charge is -2.27. The van der Waals surface area contributed by atoms with Crippen LogP contribution in [0, 0.1) is 11.7 Å². The summed E-state index contributed by atoms with van der Waals surface area (Å²) < 4.78 is 30.7. The molecule has 194 valence electrons. The highest BCUT2D eigenvalue weighted by atomic mass is 19.1. The summed E-state index contributed by atoms with van der Waals surface area (Å²) in [5.41, 5.74) is 4.00. The zero-order valence-electron chi connectivity index (χ0n) is 21.5. The van der Waals surface area contributed by atoms with Gasteiger partial charge in [-0.15, -0.1) is 0 Å². The molecule has 0 bridgehead atoms. The summed E-state index contributed by atoms with van der Waals surface area (Å²) in [6, 6.07) is 12.8. The van der Waals surface area contributed by atoms with Gasteiger partial charge in [0, 0.05) is 17.2 Å². The predicted molar refractivity (Wildman–Crippen MR) is 138 cm³/mol. The average molecular weight is 506 g/mol. The molecule has 1 aromatic heterocycles. The molecule has 2 heterocycles. The number of pyridine rings is 1. The van der Waals surface area contributed by atoms with E-state index in [1.165, 1.54) is 39.5 Å². The maximum atomic E-state index is 14.4. The number of hydrogen-bond acceptors (Lipinski definition) is 6. The van der Waals surface area contributed by atoms with Crippen LogP contribution in [0.1, 0.15) is 65.8 Å². The standard InChI is InChI=1S/C27H26FNO5.C3H6/c1-16(27(31)33-3)10-17-4-5-18-7-9-24(34-25(18)11-17)19-6-8-21(20(12-19)15-30)22-13-26(32-2)29-14-23(22)28;1-2-3-1/h4-6,8,11-16,24H,7,9-10H2,1-3H3;1-3H2. The Morgan fingerprint density at radius 3 is 2.59 bits per heavy atom. The van der Waals surface area contributed by atoms with E-state index in [2.05, 4.69) is 4.98 Å². The summed E-state index contributed by atoms with van der Waals surface area (Å²) in [6.45, 7) is 1.83. The first-order valence-corrected chi connectivity index (χ1v) is 12.6. The van der Waals surface area contributed by atoms with Crippen LogP contribution >= 0.6 is 0 Å². The lowest BCUT2D eigenvalue weighted by atomic mass is 9.92. The van der Waals surface area contributed by atoms with E-state index in [1.54, 1.807) is 12.1 Å². The number of benzene rings is 2. The molecule has 0 amide bonds. The molecule has 6 nitrogen and oxygen atoms in total. The van der Waals surface area contributed by atoms with E-state index in [-0.39, 0.29) is 29.4 Å². The summed E-state index contributed by atoms with van der Waals surface area (Å²) >= 11 is 0. The van der Waals surface area contributed by atoms with E-state index in [0.29, 0.717) is 23.8 Å². The minimum atomic E-state index is -0.534. The van der Waals surface area contributed by atoms with Crippen molar-refractivity contribution < 1.29 is 28.2 Å². The molecule has 2 atom stereocenters. The van der Waals surface area contributed by atoms with Crippen LogP contribution in [0.2, 0.25) is 0 Å². The number of fused-ring (bicyclic) bond motifs is 1. The number of carbonyl (C=O) groups is 2. The molecule has 1 aliphatic heterocycles. The number of hydrogen-bond donors (Lipinski definition) is 0. The predicted octanol–water partition coefficient (Wildman–Crippen LogP) is 6.30. The lowest BCUT2D eigenvalue weighted by Crippen LogP contribution is -2.17. The number of aromatic nitrogens is 1. The first-order valence-electron chi connectivity index (χ1n) is 12.6. The van der Waals surface area contributed by atoms with Crippen LogP contribution in [0.15, 0.2) is 48.7 Å². The number of ether oxygens (including phenoxy) is 3. The molecule has 2 unspecified atom stereocenters. The Bertz CT molecular complexity index is 1270. The Hall–Kier alpha value is -3.74. The molecule has 3 aromatic rings. The summed E-state index contributed by atoms with van der Waals surface area (Å²) in [7, 11) is 2.84. The summed E-state index contributed by atoms with van der Waals surface area (Å²) in [5, 5.41) is 0. The third kappa shape index (κ3) is 6.53. The number of methoxy groups -OCH3 is 2. The summed E-state index contributed by atoms with van der Waals surface area (Å²) in [6.07, 6.45) is 8.18. The average Bonchev–Trinajstić information content (AvgIpc) is 3.82. The molecule has 0 spiro atoms. The molecule has 0 saturated heterocycles. The number of esters is 1. The Labute approximate surface area is 216 Å². The normalized spacial score (nSPS) is 16.3. The van der Waals surface area contributed by atoms with Crippen molar-refractivity contribution in [2.75, 3.05) is 14.2 Å². The molecule has 2 aliphatic rings. The highest BCUT2D eigenvalue weighted by Crippen LogP contribution is 2.37. The van der Waals surface area contributed by atoms with E-state index in [1.807, 2.05) is 31.2 Å². The number of rotatable bonds is 7. The first-order chi connectivity index (χ1) is 17.9. The molecule has 1 fully saturated rings. The van der Waals surface area contributed by atoms with E-state index in [9.17, 15) is 14.0 Å². The quantitative estimate of drug-likeness (QED) is 0.277. The summed E-state index contributed by atoms with van der Waals surface area (Å²) in [4.78, 5) is 27.5. The Morgan fingerprint density at radius 1 is 1.14 bits per heavy atom. The zero-order chi connectivity index (χ0) is 26.4. The second-order valence-electron chi connectivity index (χ2n) is 9.45. The van der Waals surface area contributed by atoms with Crippen molar-refractivity contribution in [3.8, 4) is 22.8 Å². The minimum absolute atomic E-state index is 0.245. The fourth-order valence-corrected chi connectivity index (χ4v) is 4.28. The lowest BCUT2D eigenvalue weighted by molar-refractivity contribution is -0.144.